The smallest absolute Gasteiger partial charge is 0.251 e. The van der Waals surface area contributed by atoms with Crippen molar-refractivity contribution in [2.75, 3.05) is 6.54 Å². The van der Waals surface area contributed by atoms with Crippen LogP contribution in [0.25, 0.3) is 22.3 Å². The molecular weight excluding hydrogens is 416 g/mol. The van der Waals surface area contributed by atoms with Crippen molar-refractivity contribution in [2.24, 2.45) is 7.05 Å². The number of carbonyl (C=O) groups is 1. The molecule has 1 aliphatic rings. The lowest BCUT2D eigenvalue weighted by atomic mass is 9.97. The van der Waals surface area contributed by atoms with Gasteiger partial charge in [0.05, 0.1) is 17.3 Å². The Balaban J connectivity index is 1.36. The summed E-state index contributed by atoms with van der Waals surface area (Å²) in [5.74, 6) is 1.90. The standard InChI is InChI=1S/C25H28N6O2/c1-25(2,33)14-26-24(32)17-8-6-16(7-9-17)23-28-21(31(3)30-23)12-18-10-11-20-19(13-27-29-20)22(18)15-4-5-15/h6-11,13,15,33H,4-5,12,14H2,1-3H3,(H,26,32)(H,27,29). The summed E-state index contributed by atoms with van der Waals surface area (Å²) in [5, 5.41) is 25.7. The minimum Gasteiger partial charge on any atom is -0.389 e. The molecule has 1 fully saturated rings. The first-order chi connectivity index (χ1) is 15.8. The number of hydrogen-bond donors (Lipinski definition) is 3. The number of aliphatic hydroxyl groups is 1. The molecule has 0 saturated heterocycles. The summed E-state index contributed by atoms with van der Waals surface area (Å²) in [7, 11) is 1.91. The predicted molar refractivity (Wildman–Crippen MR) is 126 cm³/mol. The largest absolute Gasteiger partial charge is 0.389 e. The molecular formula is C25H28N6O2. The van der Waals surface area contributed by atoms with E-state index in [2.05, 4.69) is 32.7 Å². The molecule has 1 aliphatic carbocycles. The molecule has 0 unspecified atom stereocenters. The Hall–Kier alpha value is -3.52. The second-order valence-corrected chi connectivity index (χ2v) is 9.47. The Morgan fingerprint density at radius 2 is 1.97 bits per heavy atom. The molecule has 0 aliphatic heterocycles. The van der Waals surface area contributed by atoms with Crippen LogP contribution in [0.15, 0.2) is 42.6 Å². The number of aryl methyl sites for hydroxylation is 1. The molecule has 8 heteroatoms. The summed E-state index contributed by atoms with van der Waals surface area (Å²) in [5.41, 5.74) is 4.15. The van der Waals surface area contributed by atoms with Gasteiger partial charge in [0, 0.05) is 36.5 Å². The number of carbonyl (C=O) groups excluding carboxylic acids is 1. The van der Waals surface area contributed by atoms with E-state index < -0.39 is 5.60 Å². The number of rotatable bonds is 7. The van der Waals surface area contributed by atoms with Crippen LogP contribution in [0.2, 0.25) is 0 Å². The Morgan fingerprint density at radius 1 is 1.21 bits per heavy atom. The van der Waals surface area contributed by atoms with Crippen LogP contribution < -0.4 is 5.32 Å². The molecule has 2 heterocycles. The fourth-order valence-electron chi connectivity index (χ4n) is 4.13. The van der Waals surface area contributed by atoms with Gasteiger partial charge >= 0.3 is 0 Å². The lowest BCUT2D eigenvalue weighted by Gasteiger charge is -2.17. The molecule has 0 radical (unpaired) electrons. The molecule has 1 amide bonds. The number of hydrogen-bond acceptors (Lipinski definition) is 5. The van der Waals surface area contributed by atoms with Gasteiger partial charge in [-0.3, -0.25) is 14.6 Å². The third kappa shape index (κ3) is 4.52. The highest BCUT2D eigenvalue weighted by Gasteiger charge is 2.29. The van der Waals surface area contributed by atoms with E-state index in [1.165, 1.54) is 29.4 Å². The Morgan fingerprint density at radius 3 is 2.67 bits per heavy atom. The van der Waals surface area contributed by atoms with Crippen molar-refractivity contribution in [3.05, 3.63) is 65.1 Å². The SMILES string of the molecule is Cn1nc(-c2ccc(C(=O)NCC(C)(C)O)cc2)nc1Cc1ccc2[nH]ncc2c1C1CC1. The van der Waals surface area contributed by atoms with Gasteiger partial charge in [0.2, 0.25) is 0 Å². The topological polar surface area (TPSA) is 109 Å². The van der Waals surface area contributed by atoms with Crippen molar-refractivity contribution in [3.63, 3.8) is 0 Å². The van der Waals surface area contributed by atoms with E-state index in [0.717, 1.165) is 16.9 Å². The highest BCUT2D eigenvalue weighted by Crippen LogP contribution is 2.45. The van der Waals surface area contributed by atoms with Crippen LogP contribution in [0.4, 0.5) is 0 Å². The third-order valence-corrected chi connectivity index (χ3v) is 6.03. The van der Waals surface area contributed by atoms with E-state index in [0.29, 0.717) is 23.7 Å². The molecule has 5 rings (SSSR count). The quantitative estimate of drug-likeness (QED) is 0.405. The number of amides is 1. The second-order valence-electron chi connectivity index (χ2n) is 9.47. The Bertz CT molecular complexity index is 1310. The number of H-pyrrole nitrogens is 1. The molecule has 33 heavy (non-hydrogen) atoms. The number of fused-ring (bicyclic) bond motifs is 1. The average molecular weight is 445 g/mol. The van der Waals surface area contributed by atoms with Gasteiger partial charge in [0.1, 0.15) is 5.82 Å². The molecule has 0 spiro atoms. The van der Waals surface area contributed by atoms with Crippen LogP contribution in [0.3, 0.4) is 0 Å². The van der Waals surface area contributed by atoms with Gasteiger partial charge in [-0.1, -0.05) is 18.2 Å². The molecule has 8 nitrogen and oxygen atoms in total. The molecule has 0 bridgehead atoms. The summed E-state index contributed by atoms with van der Waals surface area (Å²) in [6.07, 6.45) is 5.07. The van der Waals surface area contributed by atoms with Crippen LogP contribution in [-0.2, 0) is 13.5 Å². The fourth-order valence-corrected chi connectivity index (χ4v) is 4.13. The second kappa shape index (κ2) is 8.12. The van der Waals surface area contributed by atoms with Crippen LogP contribution in [0.1, 0.15) is 59.9 Å². The number of nitrogens with one attached hydrogen (secondary N) is 2. The summed E-state index contributed by atoms with van der Waals surface area (Å²) in [4.78, 5) is 17.1. The average Bonchev–Trinajstić information content (AvgIpc) is 3.39. The molecule has 4 aromatic rings. The molecule has 1 saturated carbocycles. The van der Waals surface area contributed by atoms with Crippen molar-refractivity contribution in [3.8, 4) is 11.4 Å². The van der Waals surface area contributed by atoms with Crippen LogP contribution in [0.5, 0.6) is 0 Å². The van der Waals surface area contributed by atoms with E-state index in [9.17, 15) is 9.90 Å². The maximum atomic E-state index is 12.3. The van der Waals surface area contributed by atoms with E-state index in [4.69, 9.17) is 4.98 Å². The van der Waals surface area contributed by atoms with Gasteiger partial charge in [0.15, 0.2) is 5.82 Å². The minimum atomic E-state index is -0.953. The van der Waals surface area contributed by atoms with E-state index >= 15 is 0 Å². The first kappa shape index (κ1) is 21.3. The van der Waals surface area contributed by atoms with Gasteiger partial charge in [-0.05, 0) is 61.9 Å². The first-order valence-corrected chi connectivity index (χ1v) is 11.2. The summed E-state index contributed by atoms with van der Waals surface area (Å²) in [6, 6.07) is 11.5. The normalized spacial score (nSPS) is 14.1. The maximum absolute atomic E-state index is 12.3. The first-order valence-electron chi connectivity index (χ1n) is 11.2. The molecule has 2 aromatic carbocycles. The van der Waals surface area contributed by atoms with Gasteiger partial charge < -0.3 is 10.4 Å². The van der Waals surface area contributed by atoms with E-state index in [-0.39, 0.29) is 12.5 Å². The zero-order valence-corrected chi connectivity index (χ0v) is 19.1. The highest BCUT2D eigenvalue weighted by atomic mass is 16.3. The van der Waals surface area contributed by atoms with Crippen LogP contribution in [-0.4, -0.2) is 48.1 Å². The minimum absolute atomic E-state index is 0.187. The van der Waals surface area contributed by atoms with E-state index in [1.54, 1.807) is 26.0 Å². The molecule has 3 N–H and O–H groups in total. The summed E-state index contributed by atoms with van der Waals surface area (Å²) < 4.78 is 1.83. The third-order valence-electron chi connectivity index (χ3n) is 6.03. The number of aromatic amines is 1. The van der Waals surface area contributed by atoms with Crippen molar-refractivity contribution in [1.29, 1.82) is 0 Å². The van der Waals surface area contributed by atoms with Gasteiger partial charge in [-0.25, -0.2) is 4.98 Å². The monoisotopic (exact) mass is 444 g/mol. The van der Waals surface area contributed by atoms with Crippen molar-refractivity contribution in [2.45, 2.75) is 44.6 Å². The number of aromatic nitrogens is 5. The lowest BCUT2D eigenvalue weighted by molar-refractivity contribution is 0.0694. The Labute approximate surface area is 192 Å². The van der Waals surface area contributed by atoms with Crippen molar-refractivity contribution >= 4 is 16.8 Å². The summed E-state index contributed by atoms with van der Waals surface area (Å²) in [6.45, 7) is 3.50. The van der Waals surface area contributed by atoms with Gasteiger partial charge in [-0.15, -0.1) is 0 Å². The van der Waals surface area contributed by atoms with Crippen LogP contribution >= 0.6 is 0 Å². The zero-order valence-electron chi connectivity index (χ0n) is 19.1. The Kier molecular flexibility index (Phi) is 5.25. The lowest BCUT2D eigenvalue weighted by Crippen LogP contribution is -2.38. The fraction of sp³-hybridized carbons (Fsp3) is 0.360. The number of nitrogens with zero attached hydrogens (tertiary/aromatic N) is 4. The van der Waals surface area contributed by atoms with E-state index in [1.807, 2.05) is 30.1 Å². The predicted octanol–water partition coefficient (Wildman–Crippen LogP) is 3.33. The molecule has 170 valence electrons. The number of benzene rings is 2. The maximum Gasteiger partial charge on any atom is 0.251 e. The zero-order chi connectivity index (χ0) is 23.2. The molecule has 2 aromatic heterocycles. The van der Waals surface area contributed by atoms with Crippen molar-refractivity contribution in [1.82, 2.24) is 30.3 Å². The summed E-state index contributed by atoms with van der Waals surface area (Å²) >= 11 is 0. The van der Waals surface area contributed by atoms with Gasteiger partial charge in [0.25, 0.3) is 5.91 Å². The van der Waals surface area contributed by atoms with Crippen molar-refractivity contribution < 1.29 is 9.90 Å². The highest BCUT2D eigenvalue weighted by molar-refractivity contribution is 5.94. The van der Waals surface area contributed by atoms with Gasteiger partial charge in [-0.2, -0.15) is 10.2 Å². The van der Waals surface area contributed by atoms with Crippen LogP contribution in [0, 0.1) is 0 Å². The molecule has 0 atom stereocenters.